The predicted molar refractivity (Wildman–Crippen MR) is 120 cm³/mol. The Morgan fingerprint density at radius 2 is 1.40 bits per heavy atom. The number of carbonyl (C=O) groups is 3. The summed E-state index contributed by atoms with van der Waals surface area (Å²) >= 11 is 0. The number of rotatable bonds is 6. The fraction of sp³-hybridized carbons (Fsp3) is 0.0400. The molecule has 9 nitrogen and oxygen atoms in total. The van der Waals surface area contributed by atoms with E-state index in [2.05, 4.69) is 4.98 Å². The highest BCUT2D eigenvalue weighted by atomic mass is 19.1. The second-order valence-corrected chi connectivity index (χ2v) is 7.42. The van der Waals surface area contributed by atoms with E-state index >= 15 is 0 Å². The fourth-order valence-electron chi connectivity index (χ4n) is 3.34. The zero-order chi connectivity index (χ0) is 24.4. The largest absolute Gasteiger partial charge is 0.471 e. The van der Waals surface area contributed by atoms with Gasteiger partial charge in [0, 0.05) is 11.1 Å². The molecule has 10 heteroatoms. The van der Waals surface area contributed by atoms with Gasteiger partial charge >= 0.3 is 6.03 Å². The van der Waals surface area contributed by atoms with Gasteiger partial charge in [-0.2, -0.15) is 0 Å². The maximum absolute atomic E-state index is 14.0. The van der Waals surface area contributed by atoms with Gasteiger partial charge < -0.3 is 13.9 Å². The summed E-state index contributed by atoms with van der Waals surface area (Å²) in [7, 11) is 0. The highest BCUT2D eigenvalue weighted by Gasteiger charge is 2.36. The number of barbiturate groups is 1. The first-order chi connectivity index (χ1) is 17.0. The van der Waals surface area contributed by atoms with Crippen molar-refractivity contribution in [3.63, 3.8) is 0 Å². The number of oxazole rings is 1. The van der Waals surface area contributed by atoms with Crippen molar-refractivity contribution < 1.29 is 32.7 Å². The molecule has 1 fully saturated rings. The Morgan fingerprint density at radius 1 is 0.800 bits per heavy atom. The Hall–Kier alpha value is -4.99. The number of hydrogen-bond donors (Lipinski definition) is 2. The van der Waals surface area contributed by atoms with Gasteiger partial charge in [0.1, 0.15) is 35.0 Å². The first-order valence-corrected chi connectivity index (χ1v) is 10.4. The highest BCUT2D eigenvalue weighted by molar-refractivity contribution is 6.18. The molecule has 0 saturated carbocycles. The van der Waals surface area contributed by atoms with Gasteiger partial charge in [-0.3, -0.25) is 20.2 Å². The number of aromatic nitrogens is 1. The summed E-state index contributed by atoms with van der Waals surface area (Å²) in [5.74, 6) is -0.463. The quantitative estimate of drug-likeness (QED) is 0.406. The Labute approximate surface area is 197 Å². The molecule has 0 bridgehead atoms. The SMILES string of the molecule is O=C1NC(=O)C(Oc2ccc(Oc3ccc(-c4nc(-c5ccccc5F)co4)cc3)cc2)C(=O)N1. The number of carbonyl (C=O) groups excluding carboxylic acids is 3. The molecule has 174 valence electrons. The number of nitrogens with one attached hydrogen (secondary N) is 2. The Morgan fingerprint density at radius 3 is 2.06 bits per heavy atom. The van der Waals surface area contributed by atoms with Crippen molar-refractivity contribution in [1.29, 1.82) is 0 Å². The summed E-state index contributed by atoms with van der Waals surface area (Å²) in [5.41, 5.74) is 1.44. The average molecular weight is 473 g/mol. The van der Waals surface area contributed by atoms with Crippen molar-refractivity contribution in [2.75, 3.05) is 0 Å². The number of urea groups is 1. The molecule has 1 aliphatic heterocycles. The van der Waals surface area contributed by atoms with Gasteiger partial charge in [-0.05, 0) is 60.7 Å². The van der Waals surface area contributed by atoms with Crippen LogP contribution in [0.5, 0.6) is 17.2 Å². The van der Waals surface area contributed by atoms with E-state index in [1.807, 2.05) is 10.6 Å². The maximum atomic E-state index is 14.0. The van der Waals surface area contributed by atoms with E-state index in [-0.39, 0.29) is 11.6 Å². The normalized spacial score (nSPS) is 13.8. The highest BCUT2D eigenvalue weighted by Crippen LogP contribution is 2.29. The van der Waals surface area contributed by atoms with Crippen LogP contribution < -0.4 is 20.1 Å². The molecule has 0 radical (unpaired) electrons. The molecule has 3 aromatic carbocycles. The summed E-state index contributed by atoms with van der Waals surface area (Å²) in [6.07, 6.45) is -0.0682. The van der Waals surface area contributed by atoms with Gasteiger partial charge in [-0.1, -0.05) is 12.1 Å². The smallest absolute Gasteiger partial charge is 0.328 e. The molecule has 1 saturated heterocycles. The van der Waals surface area contributed by atoms with Crippen molar-refractivity contribution in [1.82, 2.24) is 15.6 Å². The first kappa shape index (κ1) is 21.8. The van der Waals surface area contributed by atoms with Crippen LogP contribution in [0.15, 0.2) is 83.5 Å². The third-order valence-corrected chi connectivity index (χ3v) is 5.02. The van der Waals surface area contributed by atoms with Crippen molar-refractivity contribution in [2.24, 2.45) is 0 Å². The van der Waals surface area contributed by atoms with Crippen LogP contribution in [0.25, 0.3) is 22.7 Å². The Kier molecular flexibility index (Phi) is 5.68. The summed E-state index contributed by atoms with van der Waals surface area (Å²) in [6, 6.07) is 18.6. The predicted octanol–water partition coefficient (Wildman–Crippen LogP) is 4.05. The van der Waals surface area contributed by atoms with E-state index in [1.165, 1.54) is 24.5 Å². The second-order valence-electron chi connectivity index (χ2n) is 7.42. The number of ether oxygens (including phenoxy) is 2. The third-order valence-electron chi connectivity index (χ3n) is 5.02. The molecule has 35 heavy (non-hydrogen) atoms. The molecule has 0 spiro atoms. The molecule has 2 N–H and O–H groups in total. The van der Waals surface area contributed by atoms with E-state index < -0.39 is 23.9 Å². The third kappa shape index (κ3) is 4.71. The van der Waals surface area contributed by atoms with Crippen LogP contribution in [0.3, 0.4) is 0 Å². The lowest BCUT2D eigenvalue weighted by Gasteiger charge is -2.21. The number of amides is 4. The molecule has 0 aliphatic carbocycles. The molecule has 0 unspecified atom stereocenters. The van der Waals surface area contributed by atoms with Gasteiger partial charge in [0.2, 0.25) is 5.89 Å². The Bertz CT molecular complexity index is 1400. The van der Waals surface area contributed by atoms with Crippen LogP contribution >= 0.6 is 0 Å². The fourth-order valence-corrected chi connectivity index (χ4v) is 3.34. The standard InChI is InChI=1S/C25H16FN3O6/c26-19-4-2-1-3-18(19)20-13-33-24(27-20)14-5-7-15(8-6-14)34-16-9-11-17(12-10-16)35-21-22(30)28-25(32)29-23(21)31/h1-13,21H,(H2,28,29,30,31,32). The van der Waals surface area contributed by atoms with E-state index in [0.717, 1.165) is 0 Å². The molecule has 4 amide bonds. The van der Waals surface area contributed by atoms with E-state index in [4.69, 9.17) is 13.9 Å². The first-order valence-electron chi connectivity index (χ1n) is 10.4. The van der Waals surface area contributed by atoms with Crippen molar-refractivity contribution in [2.45, 2.75) is 6.10 Å². The van der Waals surface area contributed by atoms with Crippen LogP contribution in [0, 0.1) is 5.82 Å². The maximum Gasteiger partial charge on any atom is 0.328 e. The van der Waals surface area contributed by atoms with Crippen LogP contribution in [0.2, 0.25) is 0 Å². The van der Waals surface area contributed by atoms with E-state index in [0.29, 0.717) is 34.2 Å². The summed E-state index contributed by atoms with van der Waals surface area (Å²) in [6.45, 7) is 0. The van der Waals surface area contributed by atoms with Gasteiger partial charge in [0.25, 0.3) is 17.9 Å². The summed E-state index contributed by atoms with van der Waals surface area (Å²) < 4.78 is 30.7. The molecular formula is C25H16FN3O6. The average Bonchev–Trinajstić information content (AvgIpc) is 3.33. The van der Waals surface area contributed by atoms with E-state index in [9.17, 15) is 18.8 Å². The number of hydrogen-bond acceptors (Lipinski definition) is 7. The van der Waals surface area contributed by atoms with Crippen molar-refractivity contribution in [3.8, 4) is 40.0 Å². The van der Waals surface area contributed by atoms with Crippen LogP contribution in [-0.4, -0.2) is 28.9 Å². The van der Waals surface area contributed by atoms with Crippen LogP contribution in [0.4, 0.5) is 9.18 Å². The minimum atomic E-state index is -1.47. The van der Waals surface area contributed by atoms with Gasteiger partial charge in [0.15, 0.2) is 0 Å². The molecule has 2 heterocycles. The van der Waals surface area contributed by atoms with Gasteiger partial charge in [-0.15, -0.1) is 0 Å². The second kappa shape index (κ2) is 9.10. The minimum absolute atomic E-state index is 0.242. The summed E-state index contributed by atoms with van der Waals surface area (Å²) in [5, 5.41) is 3.93. The topological polar surface area (TPSA) is 120 Å². The molecule has 1 aliphatic rings. The zero-order valence-corrected chi connectivity index (χ0v) is 17.9. The molecular weight excluding hydrogens is 457 g/mol. The summed E-state index contributed by atoms with van der Waals surface area (Å²) in [4.78, 5) is 39.0. The molecule has 0 atom stereocenters. The Balaban J connectivity index is 1.23. The van der Waals surface area contributed by atoms with Crippen LogP contribution in [0.1, 0.15) is 0 Å². The monoisotopic (exact) mass is 473 g/mol. The van der Waals surface area contributed by atoms with Crippen molar-refractivity contribution in [3.05, 3.63) is 84.9 Å². The zero-order valence-electron chi connectivity index (χ0n) is 17.9. The number of imide groups is 2. The van der Waals surface area contributed by atoms with E-state index in [1.54, 1.807) is 54.6 Å². The molecule has 5 rings (SSSR count). The minimum Gasteiger partial charge on any atom is -0.471 e. The lowest BCUT2D eigenvalue weighted by atomic mass is 10.1. The van der Waals surface area contributed by atoms with Crippen molar-refractivity contribution >= 4 is 17.8 Å². The molecule has 4 aromatic rings. The number of nitrogens with zero attached hydrogens (tertiary/aromatic N) is 1. The number of benzene rings is 3. The lowest BCUT2D eigenvalue weighted by Crippen LogP contribution is -2.60. The molecule has 1 aromatic heterocycles. The van der Waals surface area contributed by atoms with Crippen LogP contribution in [-0.2, 0) is 9.59 Å². The number of halogens is 1. The lowest BCUT2D eigenvalue weighted by molar-refractivity contribution is -0.139. The van der Waals surface area contributed by atoms with Gasteiger partial charge in [-0.25, -0.2) is 14.2 Å². The van der Waals surface area contributed by atoms with Gasteiger partial charge in [0.05, 0.1) is 0 Å².